The summed E-state index contributed by atoms with van der Waals surface area (Å²) in [4.78, 5) is 26.6. The maximum absolute atomic E-state index is 12.5. The minimum absolute atomic E-state index is 0.0281. The fourth-order valence-corrected chi connectivity index (χ4v) is 2.95. The summed E-state index contributed by atoms with van der Waals surface area (Å²) in [5.74, 6) is 0.935. The molecule has 0 saturated carbocycles. The summed E-state index contributed by atoms with van der Waals surface area (Å²) in [6.07, 6.45) is 1.55. The molecule has 5 heteroatoms. The van der Waals surface area contributed by atoms with Gasteiger partial charge in [-0.25, -0.2) is 0 Å². The van der Waals surface area contributed by atoms with Gasteiger partial charge in [-0.05, 0) is 51.0 Å². The van der Waals surface area contributed by atoms with Crippen LogP contribution in [0.15, 0.2) is 24.3 Å². The van der Waals surface area contributed by atoms with Gasteiger partial charge in [-0.15, -0.1) is 0 Å². The van der Waals surface area contributed by atoms with Crippen molar-refractivity contribution in [2.45, 2.75) is 53.6 Å². The van der Waals surface area contributed by atoms with Crippen molar-refractivity contribution >= 4 is 17.5 Å². The van der Waals surface area contributed by atoms with Crippen molar-refractivity contribution in [3.05, 3.63) is 24.3 Å². The van der Waals surface area contributed by atoms with E-state index in [-0.39, 0.29) is 29.3 Å². The fourth-order valence-electron chi connectivity index (χ4n) is 2.95. The third-order valence-corrected chi connectivity index (χ3v) is 4.29. The van der Waals surface area contributed by atoms with Crippen molar-refractivity contribution in [2.24, 2.45) is 11.3 Å². The highest BCUT2D eigenvalue weighted by atomic mass is 16.5. The van der Waals surface area contributed by atoms with Crippen LogP contribution in [0.3, 0.4) is 0 Å². The van der Waals surface area contributed by atoms with Crippen molar-refractivity contribution in [3.63, 3.8) is 0 Å². The number of carbonyl (C=O) groups excluding carboxylic acids is 2. The number of amides is 2. The zero-order valence-electron chi connectivity index (χ0n) is 16.0. The molecular weight excluding hydrogens is 316 g/mol. The summed E-state index contributed by atoms with van der Waals surface area (Å²) in [7, 11) is 0. The number of rotatable bonds is 4. The van der Waals surface area contributed by atoms with Gasteiger partial charge in [-0.3, -0.25) is 9.59 Å². The molecule has 0 spiro atoms. The van der Waals surface area contributed by atoms with E-state index in [2.05, 4.69) is 5.32 Å². The van der Waals surface area contributed by atoms with Gasteiger partial charge in [0.1, 0.15) is 5.75 Å². The van der Waals surface area contributed by atoms with Crippen LogP contribution in [0.5, 0.6) is 5.75 Å². The van der Waals surface area contributed by atoms with E-state index < -0.39 is 0 Å². The summed E-state index contributed by atoms with van der Waals surface area (Å²) in [6.45, 7) is 11.0. The van der Waals surface area contributed by atoms with E-state index in [9.17, 15) is 9.59 Å². The smallest absolute Gasteiger partial charge is 0.227 e. The Balaban J connectivity index is 1.85. The summed E-state index contributed by atoms with van der Waals surface area (Å²) in [5.41, 5.74) is 0.406. The van der Waals surface area contributed by atoms with E-state index in [1.165, 1.54) is 0 Å². The molecule has 1 aromatic rings. The summed E-state index contributed by atoms with van der Waals surface area (Å²) in [5, 5.41) is 2.97. The zero-order valence-corrected chi connectivity index (χ0v) is 16.0. The number of benzene rings is 1. The van der Waals surface area contributed by atoms with Gasteiger partial charge in [0.15, 0.2) is 0 Å². The first-order valence-corrected chi connectivity index (χ1v) is 9.04. The molecule has 1 aliphatic heterocycles. The molecule has 1 aromatic carbocycles. The standard InChI is InChI=1S/C20H30N2O3/c1-14(2)25-17-8-6-16(7-9-17)21-18(23)15-10-12-22(13-11-15)19(24)20(3,4)5/h6-9,14-15H,10-13H2,1-5H3,(H,21,23). The highest BCUT2D eigenvalue weighted by Gasteiger charge is 2.32. The highest BCUT2D eigenvalue weighted by molar-refractivity contribution is 5.92. The first kappa shape index (κ1) is 19.3. The van der Waals surface area contributed by atoms with Crippen molar-refractivity contribution in [2.75, 3.05) is 18.4 Å². The third kappa shape index (κ3) is 5.48. The number of piperidine rings is 1. The van der Waals surface area contributed by atoms with Crippen molar-refractivity contribution in [3.8, 4) is 5.75 Å². The molecule has 0 bridgehead atoms. The van der Waals surface area contributed by atoms with Crippen LogP contribution in [-0.2, 0) is 9.59 Å². The average Bonchev–Trinajstić information content (AvgIpc) is 2.55. The maximum Gasteiger partial charge on any atom is 0.227 e. The lowest BCUT2D eigenvalue weighted by Gasteiger charge is -2.35. The molecule has 25 heavy (non-hydrogen) atoms. The van der Waals surface area contributed by atoms with E-state index in [0.29, 0.717) is 25.9 Å². The van der Waals surface area contributed by atoms with Gasteiger partial charge in [0.25, 0.3) is 0 Å². The molecule has 1 heterocycles. The summed E-state index contributed by atoms with van der Waals surface area (Å²) in [6, 6.07) is 7.43. The van der Waals surface area contributed by atoms with Crippen molar-refractivity contribution in [1.29, 1.82) is 0 Å². The second kappa shape index (κ2) is 7.89. The van der Waals surface area contributed by atoms with Crippen LogP contribution in [0.1, 0.15) is 47.5 Å². The second-order valence-electron chi connectivity index (χ2n) is 8.00. The molecule has 0 aromatic heterocycles. The van der Waals surface area contributed by atoms with Gasteiger partial charge in [0.2, 0.25) is 11.8 Å². The lowest BCUT2D eigenvalue weighted by molar-refractivity contribution is -0.142. The Morgan fingerprint density at radius 2 is 1.68 bits per heavy atom. The van der Waals surface area contributed by atoms with Crippen LogP contribution >= 0.6 is 0 Å². The Labute approximate surface area is 150 Å². The average molecular weight is 346 g/mol. The van der Waals surface area contributed by atoms with E-state index in [0.717, 1.165) is 11.4 Å². The van der Waals surface area contributed by atoms with E-state index in [1.54, 1.807) is 0 Å². The van der Waals surface area contributed by atoms with Gasteiger partial charge in [0, 0.05) is 30.1 Å². The maximum atomic E-state index is 12.5. The molecular formula is C20H30N2O3. The molecule has 1 aliphatic rings. The first-order valence-electron chi connectivity index (χ1n) is 9.04. The van der Waals surface area contributed by atoms with Crippen LogP contribution in [0.4, 0.5) is 5.69 Å². The molecule has 0 aliphatic carbocycles. The fraction of sp³-hybridized carbons (Fsp3) is 0.600. The molecule has 2 rings (SSSR count). The number of nitrogens with one attached hydrogen (secondary N) is 1. The summed E-state index contributed by atoms with van der Waals surface area (Å²) < 4.78 is 5.60. The first-order chi connectivity index (χ1) is 11.7. The normalized spacial score (nSPS) is 16.0. The SMILES string of the molecule is CC(C)Oc1ccc(NC(=O)C2CCN(C(=O)C(C)(C)C)CC2)cc1. The lowest BCUT2D eigenvalue weighted by atomic mass is 9.90. The lowest BCUT2D eigenvalue weighted by Crippen LogP contribution is -2.45. The Bertz CT molecular complexity index is 594. The Hall–Kier alpha value is -2.04. The molecule has 0 atom stereocenters. The third-order valence-electron chi connectivity index (χ3n) is 4.29. The van der Waals surface area contributed by atoms with Crippen LogP contribution in [0.2, 0.25) is 0 Å². The Morgan fingerprint density at radius 3 is 2.16 bits per heavy atom. The predicted octanol–water partition coefficient (Wildman–Crippen LogP) is 3.70. The number of ether oxygens (including phenoxy) is 1. The monoisotopic (exact) mass is 346 g/mol. The molecule has 1 saturated heterocycles. The molecule has 5 nitrogen and oxygen atoms in total. The van der Waals surface area contributed by atoms with Crippen LogP contribution in [0, 0.1) is 11.3 Å². The number of hydrogen-bond donors (Lipinski definition) is 1. The Kier molecular flexibility index (Phi) is 6.09. The molecule has 1 fully saturated rings. The minimum Gasteiger partial charge on any atom is -0.491 e. The van der Waals surface area contributed by atoms with Gasteiger partial charge in [-0.1, -0.05) is 20.8 Å². The van der Waals surface area contributed by atoms with Crippen LogP contribution < -0.4 is 10.1 Å². The van der Waals surface area contributed by atoms with E-state index in [4.69, 9.17) is 4.74 Å². The molecule has 0 radical (unpaired) electrons. The molecule has 1 N–H and O–H groups in total. The molecule has 138 valence electrons. The Morgan fingerprint density at radius 1 is 1.12 bits per heavy atom. The zero-order chi connectivity index (χ0) is 18.6. The van der Waals surface area contributed by atoms with E-state index >= 15 is 0 Å². The van der Waals surface area contributed by atoms with E-state index in [1.807, 2.05) is 63.8 Å². The highest BCUT2D eigenvalue weighted by Crippen LogP contribution is 2.25. The summed E-state index contributed by atoms with van der Waals surface area (Å²) >= 11 is 0. The van der Waals surface area contributed by atoms with Crippen LogP contribution in [-0.4, -0.2) is 35.9 Å². The number of carbonyl (C=O) groups is 2. The van der Waals surface area contributed by atoms with Crippen molar-refractivity contribution < 1.29 is 14.3 Å². The minimum atomic E-state index is -0.366. The van der Waals surface area contributed by atoms with Gasteiger partial charge in [0.05, 0.1) is 6.10 Å². The molecule has 0 unspecified atom stereocenters. The van der Waals surface area contributed by atoms with Gasteiger partial charge < -0.3 is 15.0 Å². The quantitative estimate of drug-likeness (QED) is 0.904. The number of likely N-dealkylation sites (tertiary alicyclic amines) is 1. The van der Waals surface area contributed by atoms with Crippen LogP contribution in [0.25, 0.3) is 0 Å². The predicted molar refractivity (Wildman–Crippen MR) is 99.6 cm³/mol. The molecule has 2 amide bonds. The number of nitrogens with zero attached hydrogens (tertiary/aromatic N) is 1. The van der Waals surface area contributed by atoms with Crippen molar-refractivity contribution in [1.82, 2.24) is 4.90 Å². The number of anilines is 1. The topological polar surface area (TPSA) is 58.6 Å². The largest absolute Gasteiger partial charge is 0.491 e. The second-order valence-corrected chi connectivity index (χ2v) is 8.00. The van der Waals surface area contributed by atoms with Gasteiger partial charge >= 0.3 is 0 Å². The number of hydrogen-bond acceptors (Lipinski definition) is 3. The van der Waals surface area contributed by atoms with Gasteiger partial charge in [-0.2, -0.15) is 0 Å².